The number of nitrogens with one attached hydrogen (secondary N) is 1. The number of sulfonamides is 1. The lowest BCUT2D eigenvalue weighted by atomic mass is 10.1. The van der Waals surface area contributed by atoms with Crippen molar-refractivity contribution in [2.75, 3.05) is 6.54 Å². The fourth-order valence-electron chi connectivity index (χ4n) is 1.42. The van der Waals surface area contributed by atoms with Gasteiger partial charge in [0.25, 0.3) is 5.69 Å². The van der Waals surface area contributed by atoms with Gasteiger partial charge in [0.05, 0.1) is 15.4 Å². The van der Waals surface area contributed by atoms with E-state index in [0.717, 1.165) is 6.07 Å². The molecule has 0 atom stereocenters. The van der Waals surface area contributed by atoms with Crippen molar-refractivity contribution in [3.05, 3.63) is 32.8 Å². The smallest absolute Gasteiger partial charge is 0.289 e. The van der Waals surface area contributed by atoms with Crippen LogP contribution in [0.3, 0.4) is 0 Å². The van der Waals surface area contributed by atoms with Gasteiger partial charge in [-0.05, 0) is 32.4 Å². The quantitative estimate of drug-likeness (QED) is 0.632. The van der Waals surface area contributed by atoms with Crippen LogP contribution in [0.2, 0.25) is 5.02 Å². The van der Waals surface area contributed by atoms with E-state index in [2.05, 4.69) is 4.72 Å². The minimum Gasteiger partial charge on any atom is -0.389 e. The van der Waals surface area contributed by atoms with Gasteiger partial charge in [-0.2, -0.15) is 0 Å². The average Bonchev–Trinajstić information content (AvgIpc) is 2.24. The van der Waals surface area contributed by atoms with E-state index in [1.54, 1.807) is 0 Å². The van der Waals surface area contributed by atoms with Crippen LogP contribution in [0.1, 0.15) is 19.4 Å². The van der Waals surface area contributed by atoms with E-state index < -0.39 is 26.2 Å². The third-order valence-electron chi connectivity index (χ3n) is 2.43. The summed E-state index contributed by atoms with van der Waals surface area (Å²) in [4.78, 5) is 9.80. The Morgan fingerprint density at radius 1 is 1.45 bits per heavy atom. The summed E-state index contributed by atoms with van der Waals surface area (Å²) in [7, 11) is -3.97. The zero-order valence-electron chi connectivity index (χ0n) is 11.2. The molecule has 0 aliphatic rings. The third-order valence-corrected chi connectivity index (χ3v) is 4.27. The third kappa shape index (κ3) is 4.14. The van der Waals surface area contributed by atoms with E-state index in [-0.39, 0.29) is 22.0 Å². The molecular formula is C11H15ClN2O5S. The zero-order valence-corrected chi connectivity index (χ0v) is 12.7. The maximum atomic E-state index is 12.1. The van der Waals surface area contributed by atoms with Gasteiger partial charge >= 0.3 is 0 Å². The summed E-state index contributed by atoms with van der Waals surface area (Å²) in [5.41, 5.74) is -1.44. The van der Waals surface area contributed by atoms with Crippen LogP contribution in [-0.4, -0.2) is 30.6 Å². The summed E-state index contributed by atoms with van der Waals surface area (Å²) >= 11 is 5.70. The molecule has 0 aliphatic heterocycles. The molecule has 0 aromatic heterocycles. The van der Waals surface area contributed by atoms with Crippen molar-refractivity contribution in [2.45, 2.75) is 31.3 Å². The fourth-order valence-corrected chi connectivity index (χ4v) is 3.16. The highest BCUT2D eigenvalue weighted by molar-refractivity contribution is 7.89. The molecule has 112 valence electrons. The van der Waals surface area contributed by atoms with E-state index in [9.17, 15) is 23.6 Å². The van der Waals surface area contributed by atoms with E-state index in [1.807, 2.05) is 0 Å². The Balaban J connectivity index is 3.25. The van der Waals surface area contributed by atoms with Crippen LogP contribution in [0.5, 0.6) is 0 Å². The first-order valence-electron chi connectivity index (χ1n) is 5.60. The van der Waals surface area contributed by atoms with Crippen LogP contribution in [0.25, 0.3) is 0 Å². The SMILES string of the molecule is Cc1cc(Cl)c([N+](=O)[O-])cc1S(=O)(=O)NCC(C)(C)O. The van der Waals surface area contributed by atoms with Crippen LogP contribution in [0, 0.1) is 17.0 Å². The van der Waals surface area contributed by atoms with E-state index in [1.165, 1.54) is 26.8 Å². The second-order valence-electron chi connectivity index (χ2n) is 4.96. The van der Waals surface area contributed by atoms with E-state index >= 15 is 0 Å². The Morgan fingerprint density at radius 3 is 2.45 bits per heavy atom. The standard InChI is InChI=1S/C11H15ClN2O5S/c1-7-4-8(12)9(14(16)17)5-10(7)20(18,19)13-6-11(2,3)15/h4-5,13,15H,6H2,1-3H3. The number of aliphatic hydroxyl groups is 1. The lowest BCUT2D eigenvalue weighted by Gasteiger charge is -2.18. The maximum absolute atomic E-state index is 12.1. The molecule has 0 aliphatic carbocycles. The molecule has 1 aromatic carbocycles. The Kier molecular flexibility index (Phi) is 4.75. The number of benzene rings is 1. The molecule has 0 radical (unpaired) electrons. The molecule has 0 fully saturated rings. The molecule has 0 heterocycles. The highest BCUT2D eigenvalue weighted by atomic mass is 35.5. The second-order valence-corrected chi connectivity index (χ2v) is 7.11. The van der Waals surface area contributed by atoms with Crippen molar-refractivity contribution in [3.63, 3.8) is 0 Å². The second kappa shape index (κ2) is 5.65. The van der Waals surface area contributed by atoms with Crippen LogP contribution < -0.4 is 4.72 Å². The minimum absolute atomic E-state index is 0.131. The van der Waals surface area contributed by atoms with Gasteiger partial charge in [0.15, 0.2) is 0 Å². The Morgan fingerprint density at radius 2 is 2.00 bits per heavy atom. The number of hydrogen-bond acceptors (Lipinski definition) is 5. The molecule has 1 rings (SSSR count). The minimum atomic E-state index is -3.97. The topological polar surface area (TPSA) is 110 Å². The molecule has 0 unspecified atom stereocenters. The number of nitrogens with zero attached hydrogens (tertiary/aromatic N) is 1. The summed E-state index contributed by atoms with van der Waals surface area (Å²) < 4.78 is 26.4. The molecule has 0 spiro atoms. The average molecular weight is 323 g/mol. The normalized spacial score (nSPS) is 12.4. The Labute approximate surface area is 121 Å². The number of rotatable bonds is 5. The van der Waals surface area contributed by atoms with Crippen LogP contribution in [0.4, 0.5) is 5.69 Å². The molecule has 9 heteroatoms. The lowest BCUT2D eigenvalue weighted by molar-refractivity contribution is -0.384. The van der Waals surface area contributed by atoms with Gasteiger partial charge in [-0.3, -0.25) is 10.1 Å². The van der Waals surface area contributed by atoms with Crippen molar-refractivity contribution < 1.29 is 18.4 Å². The molecule has 0 saturated carbocycles. The van der Waals surface area contributed by atoms with Crippen molar-refractivity contribution in [2.24, 2.45) is 0 Å². The zero-order chi connectivity index (χ0) is 15.7. The van der Waals surface area contributed by atoms with Crippen molar-refractivity contribution in [1.29, 1.82) is 0 Å². The van der Waals surface area contributed by atoms with Crippen molar-refractivity contribution >= 4 is 27.3 Å². The van der Waals surface area contributed by atoms with Gasteiger partial charge in [0, 0.05) is 12.6 Å². The summed E-state index contributed by atoms with van der Waals surface area (Å²) in [6.07, 6.45) is 0. The number of nitro benzene ring substituents is 1. The monoisotopic (exact) mass is 322 g/mol. The van der Waals surface area contributed by atoms with Gasteiger partial charge in [0.1, 0.15) is 5.02 Å². The van der Waals surface area contributed by atoms with Crippen molar-refractivity contribution in [1.82, 2.24) is 4.72 Å². The number of aryl methyl sites for hydroxylation is 1. The Bertz CT molecular complexity index is 637. The first-order chi connectivity index (χ1) is 8.94. The summed E-state index contributed by atoms with van der Waals surface area (Å²) in [5.74, 6) is 0. The molecule has 7 nitrogen and oxygen atoms in total. The lowest BCUT2D eigenvalue weighted by Crippen LogP contribution is -2.38. The highest BCUT2D eigenvalue weighted by Gasteiger charge is 2.25. The number of halogens is 1. The van der Waals surface area contributed by atoms with Gasteiger partial charge in [0.2, 0.25) is 10.0 Å². The maximum Gasteiger partial charge on any atom is 0.289 e. The number of nitro groups is 1. The van der Waals surface area contributed by atoms with Crippen LogP contribution in [0.15, 0.2) is 17.0 Å². The molecule has 20 heavy (non-hydrogen) atoms. The van der Waals surface area contributed by atoms with Crippen LogP contribution >= 0.6 is 11.6 Å². The molecule has 1 aromatic rings. The molecular weight excluding hydrogens is 308 g/mol. The Hall–Kier alpha value is -1.22. The first-order valence-corrected chi connectivity index (χ1v) is 7.47. The molecule has 0 bridgehead atoms. The molecule has 0 amide bonds. The van der Waals surface area contributed by atoms with Gasteiger partial charge in [-0.15, -0.1) is 0 Å². The largest absolute Gasteiger partial charge is 0.389 e. The molecule has 2 N–H and O–H groups in total. The van der Waals surface area contributed by atoms with Gasteiger partial charge in [-0.25, -0.2) is 13.1 Å². The van der Waals surface area contributed by atoms with E-state index in [4.69, 9.17) is 11.6 Å². The highest BCUT2D eigenvalue weighted by Crippen LogP contribution is 2.30. The summed E-state index contributed by atoms with van der Waals surface area (Å²) in [6.45, 7) is 4.14. The predicted octanol–water partition coefficient (Wildman–Crippen LogP) is 1.61. The van der Waals surface area contributed by atoms with Crippen LogP contribution in [-0.2, 0) is 10.0 Å². The van der Waals surface area contributed by atoms with Gasteiger partial charge < -0.3 is 5.11 Å². The first kappa shape index (κ1) is 16.8. The predicted molar refractivity (Wildman–Crippen MR) is 74.3 cm³/mol. The fraction of sp³-hybridized carbons (Fsp3) is 0.455. The number of hydrogen-bond donors (Lipinski definition) is 2. The van der Waals surface area contributed by atoms with E-state index in [0.29, 0.717) is 0 Å². The summed E-state index contributed by atoms with van der Waals surface area (Å²) in [5, 5.41) is 20.2. The van der Waals surface area contributed by atoms with Crippen molar-refractivity contribution in [3.8, 4) is 0 Å². The molecule has 0 saturated heterocycles. The summed E-state index contributed by atoms with van der Waals surface area (Å²) in [6, 6.07) is 2.13. The van der Waals surface area contributed by atoms with Gasteiger partial charge in [-0.1, -0.05) is 11.6 Å².